The summed E-state index contributed by atoms with van der Waals surface area (Å²) in [5.41, 5.74) is 0.205. The van der Waals surface area contributed by atoms with Crippen molar-refractivity contribution < 1.29 is 14.6 Å². The second kappa shape index (κ2) is 6.52. The molecule has 2 aromatic heterocycles. The number of hydrogen-bond donors (Lipinski definition) is 2. The number of pyridine rings is 1. The fraction of sp³-hybridized carbons (Fsp3) is 0.167. The molecule has 0 aliphatic rings. The van der Waals surface area contributed by atoms with E-state index in [-0.39, 0.29) is 11.3 Å². The molecule has 0 aliphatic carbocycles. The molecule has 0 saturated carbocycles. The van der Waals surface area contributed by atoms with Gasteiger partial charge in [-0.15, -0.1) is 11.3 Å². The highest BCUT2D eigenvalue weighted by atomic mass is 32.1. The number of thiophene rings is 1. The summed E-state index contributed by atoms with van der Waals surface area (Å²) < 4.78 is 6.85. The standard InChI is InChI=1S/C18H16N2O4S/c1-3-20-9-13(18(22)23)16(21)12-8-14(25-17(12)20)15(19)10-4-6-11(24-2)7-5-10/h4-9,19H,3H2,1-2H3,(H,22,23). The highest BCUT2D eigenvalue weighted by Crippen LogP contribution is 2.27. The summed E-state index contributed by atoms with van der Waals surface area (Å²) in [4.78, 5) is 25.0. The van der Waals surface area contributed by atoms with Crippen LogP contribution in [0.5, 0.6) is 5.75 Å². The van der Waals surface area contributed by atoms with E-state index in [4.69, 9.17) is 10.1 Å². The Hall–Kier alpha value is -2.93. The van der Waals surface area contributed by atoms with E-state index in [9.17, 15) is 14.7 Å². The number of fused-ring (bicyclic) bond motifs is 1. The van der Waals surface area contributed by atoms with Crippen LogP contribution in [0.15, 0.2) is 41.3 Å². The highest BCUT2D eigenvalue weighted by molar-refractivity contribution is 7.20. The molecular formula is C18H16N2O4S. The number of aromatic nitrogens is 1. The quantitative estimate of drug-likeness (QED) is 0.687. The number of ether oxygens (including phenoxy) is 1. The van der Waals surface area contributed by atoms with E-state index in [0.717, 1.165) is 0 Å². The van der Waals surface area contributed by atoms with Gasteiger partial charge in [-0.1, -0.05) is 0 Å². The molecule has 0 amide bonds. The largest absolute Gasteiger partial charge is 0.497 e. The minimum absolute atomic E-state index is 0.255. The molecule has 0 aliphatic heterocycles. The van der Waals surface area contributed by atoms with Crippen LogP contribution in [0, 0.1) is 5.41 Å². The van der Waals surface area contributed by atoms with Gasteiger partial charge in [0.1, 0.15) is 16.1 Å². The zero-order valence-corrected chi connectivity index (χ0v) is 14.5. The van der Waals surface area contributed by atoms with Crippen molar-refractivity contribution in [2.24, 2.45) is 0 Å². The van der Waals surface area contributed by atoms with Crippen molar-refractivity contribution in [2.45, 2.75) is 13.5 Å². The maximum atomic E-state index is 12.4. The Balaban J connectivity index is 2.14. The van der Waals surface area contributed by atoms with Crippen LogP contribution in [0.3, 0.4) is 0 Å². The van der Waals surface area contributed by atoms with Gasteiger partial charge in [0.2, 0.25) is 5.43 Å². The van der Waals surface area contributed by atoms with Crippen LogP contribution < -0.4 is 10.2 Å². The normalized spacial score (nSPS) is 10.8. The molecule has 0 radical (unpaired) electrons. The van der Waals surface area contributed by atoms with E-state index < -0.39 is 11.4 Å². The van der Waals surface area contributed by atoms with Crippen molar-refractivity contribution in [1.29, 1.82) is 5.41 Å². The number of nitrogens with one attached hydrogen (secondary N) is 1. The van der Waals surface area contributed by atoms with Crippen molar-refractivity contribution in [3.8, 4) is 5.75 Å². The molecule has 0 unspecified atom stereocenters. The van der Waals surface area contributed by atoms with Crippen LogP contribution >= 0.6 is 11.3 Å². The lowest BCUT2D eigenvalue weighted by atomic mass is 10.1. The minimum atomic E-state index is -1.24. The van der Waals surface area contributed by atoms with Gasteiger partial charge in [-0.3, -0.25) is 10.2 Å². The first-order valence-corrected chi connectivity index (χ1v) is 8.41. The van der Waals surface area contributed by atoms with E-state index in [2.05, 4.69) is 0 Å². The molecule has 25 heavy (non-hydrogen) atoms. The zero-order valence-electron chi connectivity index (χ0n) is 13.7. The predicted octanol–water partition coefficient (Wildman–Crippen LogP) is 3.21. The molecule has 0 atom stereocenters. The Morgan fingerprint density at radius 2 is 2.00 bits per heavy atom. The number of carbonyl (C=O) groups is 1. The summed E-state index contributed by atoms with van der Waals surface area (Å²) in [6.07, 6.45) is 1.37. The third-order valence-corrected chi connectivity index (χ3v) is 5.13. The van der Waals surface area contributed by atoms with Gasteiger partial charge < -0.3 is 14.4 Å². The third-order valence-electron chi connectivity index (χ3n) is 3.94. The minimum Gasteiger partial charge on any atom is -0.497 e. The average Bonchev–Trinajstić information content (AvgIpc) is 3.07. The first-order valence-electron chi connectivity index (χ1n) is 7.60. The molecular weight excluding hydrogens is 340 g/mol. The summed E-state index contributed by atoms with van der Waals surface area (Å²) in [7, 11) is 1.58. The molecule has 128 valence electrons. The lowest BCUT2D eigenvalue weighted by Gasteiger charge is -2.05. The molecule has 6 nitrogen and oxygen atoms in total. The summed E-state index contributed by atoms with van der Waals surface area (Å²) in [6, 6.07) is 8.70. The van der Waals surface area contributed by atoms with Crippen LogP contribution in [0.2, 0.25) is 0 Å². The van der Waals surface area contributed by atoms with Crippen LogP contribution in [-0.4, -0.2) is 28.5 Å². The topological polar surface area (TPSA) is 92.4 Å². The summed E-state index contributed by atoms with van der Waals surface area (Å²) in [5, 5.41) is 18.0. The van der Waals surface area contributed by atoms with E-state index in [1.54, 1.807) is 42.0 Å². The number of aromatic carboxylic acids is 1. The van der Waals surface area contributed by atoms with Gasteiger partial charge in [0.25, 0.3) is 0 Å². The number of rotatable bonds is 5. The highest BCUT2D eigenvalue weighted by Gasteiger charge is 2.18. The molecule has 0 bridgehead atoms. The number of aryl methyl sites for hydroxylation is 1. The second-order valence-electron chi connectivity index (χ2n) is 5.40. The Kier molecular flexibility index (Phi) is 4.41. The van der Waals surface area contributed by atoms with Gasteiger partial charge in [0.15, 0.2) is 0 Å². The Morgan fingerprint density at radius 1 is 1.32 bits per heavy atom. The average molecular weight is 356 g/mol. The fourth-order valence-electron chi connectivity index (χ4n) is 2.59. The molecule has 3 aromatic rings. The monoisotopic (exact) mass is 356 g/mol. The number of nitrogens with zero attached hydrogens (tertiary/aromatic N) is 1. The Bertz CT molecular complexity index is 1030. The summed E-state index contributed by atoms with van der Waals surface area (Å²) in [6.45, 7) is 2.41. The zero-order chi connectivity index (χ0) is 18.1. The van der Waals surface area contributed by atoms with E-state index in [1.165, 1.54) is 17.5 Å². The number of carboxylic acid groups (broad SMARTS) is 1. The van der Waals surface area contributed by atoms with Gasteiger partial charge in [0, 0.05) is 18.3 Å². The molecule has 0 saturated heterocycles. The third kappa shape index (κ3) is 2.94. The first kappa shape index (κ1) is 16.9. The maximum absolute atomic E-state index is 12.4. The molecule has 2 heterocycles. The van der Waals surface area contributed by atoms with Crippen LogP contribution in [0.4, 0.5) is 0 Å². The van der Waals surface area contributed by atoms with Crippen molar-refractivity contribution in [3.63, 3.8) is 0 Å². The van der Waals surface area contributed by atoms with Crippen molar-refractivity contribution in [3.05, 3.63) is 62.8 Å². The van der Waals surface area contributed by atoms with Gasteiger partial charge >= 0.3 is 5.97 Å². The molecule has 2 N–H and O–H groups in total. The summed E-state index contributed by atoms with van der Waals surface area (Å²) in [5.74, 6) is -0.545. The molecule has 7 heteroatoms. The number of hydrogen-bond acceptors (Lipinski definition) is 5. The Morgan fingerprint density at radius 3 is 2.56 bits per heavy atom. The molecule has 3 rings (SSSR count). The van der Waals surface area contributed by atoms with Crippen LogP contribution in [0.1, 0.15) is 27.7 Å². The number of methoxy groups -OCH3 is 1. The number of carboxylic acids is 1. The van der Waals surface area contributed by atoms with E-state index in [1.807, 2.05) is 6.92 Å². The molecule has 0 fully saturated rings. The first-order chi connectivity index (χ1) is 12.0. The SMILES string of the molecule is CCn1cc(C(=O)O)c(=O)c2cc(C(=N)c3ccc(OC)cc3)sc21. The van der Waals surface area contributed by atoms with Crippen molar-refractivity contribution in [2.75, 3.05) is 7.11 Å². The van der Waals surface area contributed by atoms with Crippen LogP contribution in [-0.2, 0) is 6.54 Å². The summed E-state index contributed by atoms with van der Waals surface area (Å²) >= 11 is 1.31. The van der Waals surface area contributed by atoms with Crippen molar-refractivity contribution >= 4 is 33.2 Å². The van der Waals surface area contributed by atoms with E-state index >= 15 is 0 Å². The predicted molar refractivity (Wildman–Crippen MR) is 97.6 cm³/mol. The van der Waals surface area contributed by atoms with Gasteiger partial charge in [0.05, 0.1) is 23.1 Å². The van der Waals surface area contributed by atoms with Gasteiger partial charge in [-0.05, 0) is 37.3 Å². The molecule has 0 spiro atoms. The lowest BCUT2D eigenvalue weighted by Crippen LogP contribution is -2.17. The number of benzene rings is 1. The lowest BCUT2D eigenvalue weighted by molar-refractivity contribution is 0.0695. The van der Waals surface area contributed by atoms with Crippen molar-refractivity contribution in [1.82, 2.24) is 4.57 Å². The second-order valence-corrected chi connectivity index (χ2v) is 6.43. The Labute approximate surface area is 147 Å². The molecule has 1 aromatic carbocycles. The maximum Gasteiger partial charge on any atom is 0.341 e. The fourth-order valence-corrected chi connectivity index (χ4v) is 3.75. The van der Waals surface area contributed by atoms with E-state index in [0.29, 0.717) is 33.0 Å². The smallest absolute Gasteiger partial charge is 0.341 e. The van der Waals surface area contributed by atoms with Gasteiger partial charge in [-0.2, -0.15) is 0 Å². The van der Waals surface area contributed by atoms with Gasteiger partial charge in [-0.25, -0.2) is 4.79 Å². The van der Waals surface area contributed by atoms with Crippen LogP contribution in [0.25, 0.3) is 10.2 Å².